The van der Waals surface area contributed by atoms with E-state index in [0.29, 0.717) is 19.1 Å². The number of hydrogen-bond acceptors (Lipinski definition) is 8. The smallest absolute Gasteiger partial charge is 0.214 e. The second kappa shape index (κ2) is 10.2. The van der Waals surface area contributed by atoms with E-state index in [1.54, 1.807) is 31.8 Å². The molecule has 11 heteroatoms. The van der Waals surface area contributed by atoms with E-state index in [9.17, 15) is 8.42 Å². The zero-order valence-electron chi connectivity index (χ0n) is 21.3. The number of rotatable bonds is 7. The fourth-order valence-corrected chi connectivity index (χ4v) is 6.79. The predicted octanol–water partition coefficient (Wildman–Crippen LogP) is 3.66. The molecule has 9 nitrogen and oxygen atoms in total. The number of thiazole rings is 1. The van der Waals surface area contributed by atoms with Crippen LogP contribution in [0, 0.1) is 0 Å². The van der Waals surface area contributed by atoms with E-state index >= 15 is 0 Å². The number of ether oxygens (including phenoxy) is 1. The van der Waals surface area contributed by atoms with Crippen LogP contribution in [0.4, 0.5) is 0 Å². The summed E-state index contributed by atoms with van der Waals surface area (Å²) in [4.78, 5) is 13.0. The van der Waals surface area contributed by atoms with Crippen LogP contribution in [0.15, 0.2) is 24.5 Å². The Morgan fingerprint density at radius 2 is 2.00 bits per heavy atom. The maximum Gasteiger partial charge on any atom is 0.214 e. The van der Waals surface area contributed by atoms with Crippen molar-refractivity contribution in [3.63, 3.8) is 0 Å². The third-order valence-electron chi connectivity index (χ3n) is 7.08. The van der Waals surface area contributed by atoms with E-state index < -0.39 is 10.0 Å². The molecule has 0 bridgehead atoms. The molecule has 0 atom stereocenters. The van der Waals surface area contributed by atoms with Gasteiger partial charge in [-0.25, -0.2) is 27.4 Å². The van der Waals surface area contributed by atoms with Gasteiger partial charge in [-0.05, 0) is 63.4 Å². The fourth-order valence-electron chi connectivity index (χ4n) is 4.89. The SMILES string of the molecule is CC(C)n1ncnc1-c1nc2c(s1)CCOc1cc(C3CCN(CCS(=O)(=O)N(C)C)CC3)ccc1-2. The lowest BCUT2D eigenvalue weighted by molar-refractivity contribution is 0.222. The van der Waals surface area contributed by atoms with Crippen LogP contribution in [0.5, 0.6) is 5.75 Å². The van der Waals surface area contributed by atoms with Crippen molar-refractivity contribution in [2.75, 3.05) is 46.1 Å². The lowest BCUT2D eigenvalue weighted by Gasteiger charge is -2.32. The van der Waals surface area contributed by atoms with Gasteiger partial charge < -0.3 is 9.64 Å². The van der Waals surface area contributed by atoms with Crippen LogP contribution in [0.25, 0.3) is 22.1 Å². The Hall–Kier alpha value is -2.34. The van der Waals surface area contributed by atoms with Gasteiger partial charge in [0.25, 0.3) is 0 Å². The third-order valence-corrected chi connectivity index (χ3v) is 10.0. The van der Waals surface area contributed by atoms with Crippen molar-refractivity contribution in [2.45, 2.75) is 45.1 Å². The summed E-state index contributed by atoms with van der Waals surface area (Å²) in [7, 11) is 0.0248. The van der Waals surface area contributed by atoms with Crippen LogP contribution < -0.4 is 4.74 Å². The number of aromatic nitrogens is 4. The van der Waals surface area contributed by atoms with Crippen molar-refractivity contribution in [2.24, 2.45) is 0 Å². The lowest BCUT2D eigenvalue weighted by atomic mass is 9.88. The first-order chi connectivity index (χ1) is 17.2. The number of nitrogens with zero attached hydrogens (tertiary/aromatic N) is 6. The average molecular weight is 531 g/mol. The number of likely N-dealkylation sites (tertiary alicyclic amines) is 1. The van der Waals surface area contributed by atoms with Gasteiger partial charge in [0.1, 0.15) is 12.1 Å². The summed E-state index contributed by atoms with van der Waals surface area (Å²) < 4.78 is 33.6. The maximum atomic E-state index is 12.1. The highest BCUT2D eigenvalue weighted by Gasteiger charge is 2.26. The molecule has 194 valence electrons. The highest BCUT2D eigenvalue weighted by Crippen LogP contribution is 2.42. The second-order valence-corrected chi connectivity index (χ2v) is 13.4. The van der Waals surface area contributed by atoms with Crippen LogP contribution >= 0.6 is 11.3 Å². The van der Waals surface area contributed by atoms with E-state index in [1.807, 2.05) is 4.68 Å². The summed E-state index contributed by atoms with van der Waals surface area (Å²) in [5, 5.41) is 5.27. The minimum Gasteiger partial charge on any atom is -0.492 e. The van der Waals surface area contributed by atoms with E-state index in [4.69, 9.17) is 9.72 Å². The first kappa shape index (κ1) is 25.3. The molecule has 2 aliphatic heterocycles. The summed E-state index contributed by atoms with van der Waals surface area (Å²) >= 11 is 1.68. The quantitative estimate of drug-likeness (QED) is 0.460. The molecular formula is C25H34N6O3S2. The molecule has 2 aliphatic rings. The van der Waals surface area contributed by atoms with Gasteiger partial charge in [-0.15, -0.1) is 11.3 Å². The highest BCUT2D eigenvalue weighted by molar-refractivity contribution is 7.89. The van der Waals surface area contributed by atoms with Crippen molar-refractivity contribution in [3.05, 3.63) is 35.0 Å². The predicted molar refractivity (Wildman–Crippen MR) is 142 cm³/mol. The molecule has 1 saturated heterocycles. The number of hydrogen-bond donors (Lipinski definition) is 0. The standard InChI is InChI=1S/C25H34N6O3S2/c1-17(2)31-24(26-16-27-31)25-28-23-20-6-5-19(15-21(20)34-13-9-22(23)35-25)18-7-10-30(11-8-18)12-14-36(32,33)29(3)4/h5-6,15-18H,7-14H2,1-4H3. The highest BCUT2D eigenvalue weighted by atomic mass is 32.2. The Kier molecular flexibility index (Phi) is 7.17. The second-order valence-electron chi connectivity index (χ2n) is 9.98. The molecule has 0 N–H and O–H groups in total. The van der Waals surface area contributed by atoms with E-state index in [0.717, 1.165) is 60.2 Å². The number of benzene rings is 1. The number of fused-ring (bicyclic) bond motifs is 3. The summed E-state index contributed by atoms with van der Waals surface area (Å²) in [5.41, 5.74) is 3.31. The molecule has 1 aromatic carbocycles. The summed E-state index contributed by atoms with van der Waals surface area (Å²) in [5.74, 6) is 2.32. The Morgan fingerprint density at radius 1 is 1.22 bits per heavy atom. The van der Waals surface area contributed by atoms with Crippen molar-refractivity contribution in [1.82, 2.24) is 29.0 Å². The molecular weight excluding hydrogens is 496 g/mol. The van der Waals surface area contributed by atoms with Crippen LogP contribution in [0.1, 0.15) is 49.1 Å². The largest absolute Gasteiger partial charge is 0.492 e. The monoisotopic (exact) mass is 530 g/mol. The number of sulfonamides is 1. The third kappa shape index (κ3) is 5.06. The van der Waals surface area contributed by atoms with E-state index in [1.165, 1.54) is 14.7 Å². The van der Waals surface area contributed by atoms with Gasteiger partial charge in [-0.3, -0.25) is 0 Å². The first-order valence-electron chi connectivity index (χ1n) is 12.5. The van der Waals surface area contributed by atoms with Gasteiger partial charge in [0, 0.05) is 43.5 Å². The van der Waals surface area contributed by atoms with Gasteiger partial charge in [0.05, 0.1) is 18.1 Å². The number of piperidine rings is 1. The molecule has 2 aromatic heterocycles. The van der Waals surface area contributed by atoms with Crippen LogP contribution in [0.2, 0.25) is 0 Å². The molecule has 0 saturated carbocycles. The van der Waals surface area contributed by atoms with E-state index in [-0.39, 0.29) is 11.8 Å². The summed E-state index contributed by atoms with van der Waals surface area (Å²) in [6.07, 6.45) is 4.44. The zero-order chi connectivity index (χ0) is 25.4. The van der Waals surface area contributed by atoms with Crippen molar-refractivity contribution < 1.29 is 13.2 Å². The van der Waals surface area contributed by atoms with Gasteiger partial charge in [0.15, 0.2) is 10.8 Å². The Bertz CT molecular complexity index is 1320. The lowest BCUT2D eigenvalue weighted by Crippen LogP contribution is -2.38. The van der Waals surface area contributed by atoms with Gasteiger partial charge >= 0.3 is 0 Å². The van der Waals surface area contributed by atoms with Crippen LogP contribution in [-0.4, -0.2) is 83.5 Å². The average Bonchev–Trinajstić information content (AvgIpc) is 3.47. The van der Waals surface area contributed by atoms with Crippen LogP contribution in [-0.2, 0) is 16.4 Å². The van der Waals surface area contributed by atoms with Crippen LogP contribution in [0.3, 0.4) is 0 Å². The maximum absolute atomic E-state index is 12.1. The van der Waals surface area contributed by atoms with Crippen molar-refractivity contribution in [3.8, 4) is 27.8 Å². The molecule has 0 amide bonds. The molecule has 0 radical (unpaired) electrons. The minimum atomic E-state index is -3.16. The normalized spacial score (nSPS) is 17.2. The fraction of sp³-hybridized carbons (Fsp3) is 0.560. The van der Waals surface area contributed by atoms with Crippen molar-refractivity contribution in [1.29, 1.82) is 0 Å². The molecule has 0 spiro atoms. The summed E-state index contributed by atoms with van der Waals surface area (Å²) in [6, 6.07) is 6.77. The van der Waals surface area contributed by atoms with Gasteiger partial charge in [0.2, 0.25) is 10.0 Å². The molecule has 5 rings (SSSR count). The zero-order valence-corrected chi connectivity index (χ0v) is 23.0. The Morgan fingerprint density at radius 3 is 2.72 bits per heavy atom. The minimum absolute atomic E-state index is 0.169. The first-order valence-corrected chi connectivity index (χ1v) is 14.9. The molecule has 4 heterocycles. The van der Waals surface area contributed by atoms with Gasteiger partial charge in [-0.1, -0.05) is 6.07 Å². The molecule has 0 unspecified atom stereocenters. The van der Waals surface area contributed by atoms with Crippen molar-refractivity contribution >= 4 is 21.4 Å². The van der Waals surface area contributed by atoms with E-state index in [2.05, 4.69) is 47.0 Å². The topological polar surface area (TPSA) is 93.5 Å². The molecule has 3 aromatic rings. The van der Waals surface area contributed by atoms with Gasteiger partial charge in [-0.2, -0.15) is 5.10 Å². The molecule has 36 heavy (non-hydrogen) atoms. The summed E-state index contributed by atoms with van der Waals surface area (Å²) in [6.45, 7) is 7.21. The molecule has 1 fully saturated rings. The Balaban J connectivity index is 1.31. The Labute approximate surface area is 217 Å². The molecule has 0 aliphatic carbocycles.